The molecule has 6 nitrogen and oxygen atoms in total. The van der Waals surface area contributed by atoms with Crippen molar-refractivity contribution in [2.45, 2.75) is 32.4 Å². The van der Waals surface area contributed by atoms with E-state index in [-0.39, 0.29) is 18.1 Å². The number of amides is 1. The standard InChI is InChI=1S/C23H25N3O3/c1-23(2)12-18-8-7-11-20(22(18)29-23)28-16-21(27)25(3)14-17-13-24-26(15-17)19-9-5-4-6-10-19/h4-11,13,15H,12,14,16H2,1-3H3. The van der Waals surface area contributed by atoms with Crippen LogP contribution in [0.15, 0.2) is 60.9 Å². The SMILES string of the molecule is CN(Cc1cnn(-c2ccccc2)c1)C(=O)COc1cccc2c1OC(C)(C)C2. The van der Waals surface area contributed by atoms with Crippen LogP contribution in [-0.4, -0.2) is 39.8 Å². The van der Waals surface area contributed by atoms with E-state index < -0.39 is 0 Å². The van der Waals surface area contributed by atoms with Gasteiger partial charge in [0.1, 0.15) is 5.60 Å². The number of ether oxygens (including phenoxy) is 2. The Labute approximate surface area is 170 Å². The fourth-order valence-corrected chi connectivity index (χ4v) is 3.48. The molecule has 29 heavy (non-hydrogen) atoms. The summed E-state index contributed by atoms with van der Waals surface area (Å²) < 4.78 is 13.6. The van der Waals surface area contributed by atoms with Crippen LogP contribution < -0.4 is 9.47 Å². The molecule has 0 unspecified atom stereocenters. The molecule has 0 fully saturated rings. The Morgan fingerprint density at radius 3 is 2.79 bits per heavy atom. The normalized spacial score (nSPS) is 14.2. The summed E-state index contributed by atoms with van der Waals surface area (Å²) in [6, 6.07) is 15.7. The maximum absolute atomic E-state index is 12.6. The van der Waals surface area contributed by atoms with Gasteiger partial charge in [-0.2, -0.15) is 5.10 Å². The number of para-hydroxylation sites is 2. The Balaban J connectivity index is 1.36. The van der Waals surface area contributed by atoms with Crippen LogP contribution >= 0.6 is 0 Å². The molecule has 0 saturated heterocycles. The first kappa shape index (κ1) is 19.1. The second-order valence-corrected chi connectivity index (χ2v) is 7.95. The molecule has 1 aliphatic rings. The largest absolute Gasteiger partial charge is 0.483 e. The minimum absolute atomic E-state index is 0.0381. The zero-order chi connectivity index (χ0) is 20.4. The van der Waals surface area contributed by atoms with Gasteiger partial charge in [0, 0.05) is 37.3 Å². The van der Waals surface area contributed by atoms with Crippen LogP contribution in [0.2, 0.25) is 0 Å². The van der Waals surface area contributed by atoms with Gasteiger partial charge >= 0.3 is 0 Å². The third kappa shape index (κ3) is 4.26. The minimum Gasteiger partial charge on any atom is -0.483 e. The molecule has 0 radical (unpaired) electrons. The molecule has 0 spiro atoms. The Hall–Kier alpha value is -3.28. The molecule has 0 saturated carbocycles. The molecular formula is C23H25N3O3. The van der Waals surface area contributed by atoms with Gasteiger partial charge in [0.15, 0.2) is 18.1 Å². The van der Waals surface area contributed by atoms with Crippen molar-refractivity contribution >= 4 is 5.91 Å². The van der Waals surface area contributed by atoms with Gasteiger partial charge in [-0.05, 0) is 32.0 Å². The molecule has 6 heteroatoms. The summed E-state index contributed by atoms with van der Waals surface area (Å²) in [5, 5.41) is 4.38. The molecule has 1 aliphatic heterocycles. The number of carbonyl (C=O) groups excluding carboxylic acids is 1. The second kappa shape index (κ2) is 7.62. The molecule has 2 heterocycles. The smallest absolute Gasteiger partial charge is 0.260 e. The van der Waals surface area contributed by atoms with E-state index in [1.54, 1.807) is 22.8 Å². The topological polar surface area (TPSA) is 56.6 Å². The van der Waals surface area contributed by atoms with E-state index in [1.807, 2.05) is 68.6 Å². The number of rotatable bonds is 6. The summed E-state index contributed by atoms with van der Waals surface area (Å²) in [5.41, 5.74) is 2.80. The van der Waals surface area contributed by atoms with Gasteiger partial charge in [0.05, 0.1) is 11.9 Å². The van der Waals surface area contributed by atoms with E-state index in [1.165, 1.54) is 0 Å². The zero-order valence-corrected chi connectivity index (χ0v) is 17.0. The van der Waals surface area contributed by atoms with Crippen LogP contribution in [-0.2, 0) is 17.8 Å². The third-order valence-electron chi connectivity index (χ3n) is 4.91. The lowest BCUT2D eigenvalue weighted by Crippen LogP contribution is -2.31. The highest BCUT2D eigenvalue weighted by molar-refractivity contribution is 5.77. The van der Waals surface area contributed by atoms with Crippen molar-refractivity contribution in [1.29, 1.82) is 0 Å². The Kier molecular flexibility index (Phi) is 5.01. The van der Waals surface area contributed by atoms with Gasteiger partial charge in [-0.3, -0.25) is 4.79 Å². The van der Waals surface area contributed by atoms with Crippen molar-refractivity contribution in [2.75, 3.05) is 13.7 Å². The van der Waals surface area contributed by atoms with Crippen molar-refractivity contribution in [2.24, 2.45) is 0 Å². The maximum atomic E-state index is 12.6. The number of aromatic nitrogens is 2. The lowest BCUT2D eigenvalue weighted by Gasteiger charge is -2.19. The van der Waals surface area contributed by atoms with Crippen LogP contribution in [0, 0.1) is 0 Å². The summed E-state index contributed by atoms with van der Waals surface area (Å²) in [5.74, 6) is 1.26. The first-order chi connectivity index (χ1) is 13.9. The highest BCUT2D eigenvalue weighted by Gasteiger charge is 2.32. The van der Waals surface area contributed by atoms with Crippen molar-refractivity contribution in [3.8, 4) is 17.2 Å². The summed E-state index contributed by atoms with van der Waals surface area (Å²) in [6.45, 7) is 4.52. The Morgan fingerprint density at radius 2 is 2.00 bits per heavy atom. The molecule has 2 aromatic carbocycles. The van der Waals surface area contributed by atoms with Crippen LogP contribution in [0.4, 0.5) is 0 Å². The minimum atomic E-state index is -0.249. The number of hydrogen-bond acceptors (Lipinski definition) is 4. The first-order valence-corrected chi connectivity index (χ1v) is 9.68. The van der Waals surface area contributed by atoms with E-state index >= 15 is 0 Å². The monoisotopic (exact) mass is 391 g/mol. The summed E-state index contributed by atoms with van der Waals surface area (Å²) in [7, 11) is 1.76. The van der Waals surface area contributed by atoms with Crippen molar-refractivity contribution in [3.05, 3.63) is 72.1 Å². The quantitative estimate of drug-likeness (QED) is 0.644. The van der Waals surface area contributed by atoms with Crippen molar-refractivity contribution in [1.82, 2.24) is 14.7 Å². The lowest BCUT2D eigenvalue weighted by molar-refractivity contribution is -0.132. The predicted octanol–water partition coefficient (Wildman–Crippen LogP) is 3.62. The molecule has 0 aliphatic carbocycles. The van der Waals surface area contributed by atoms with E-state index in [2.05, 4.69) is 5.10 Å². The predicted molar refractivity (Wildman–Crippen MR) is 110 cm³/mol. The zero-order valence-electron chi connectivity index (χ0n) is 17.0. The van der Waals surface area contributed by atoms with Gasteiger partial charge in [-0.1, -0.05) is 30.3 Å². The lowest BCUT2D eigenvalue weighted by atomic mass is 10.0. The summed E-state index contributed by atoms with van der Waals surface area (Å²) in [6.07, 6.45) is 4.54. The average Bonchev–Trinajstić information content (AvgIpc) is 3.29. The van der Waals surface area contributed by atoms with Gasteiger partial charge in [0.2, 0.25) is 0 Å². The Morgan fingerprint density at radius 1 is 1.21 bits per heavy atom. The summed E-state index contributed by atoms with van der Waals surface area (Å²) in [4.78, 5) is 14.2. The van der Waals surface area contributed by atoms with Crippen LogP contribution in [0.3, 0.4) is 0 Å². The second-order valence-electron chi connectivity index (χ2n) is 7.95. The van der Waals surface area contributed by atoms with E-state index in [0.717, 1.165) is 29.0 Å². The number of benzene rings is 2. The molecule has 0 bridgehead atoms. The molecular weight excluding hydrogens is 366 g/mol. The van der Waals surface area contributed by atoms with E-state index in [0.29, 0.717) is 12.3 Å². The average molecular weight is 391 g/mol. The van der Waals surface area contributed by atoms with Gasteiger partial charge in [-0.15, -0.1) is 0 Å². The molecule has 1 amide bonds. The fourth-order valence-electron chi connectivity index (χ4n) is 3.48. The number of likely N-dealkylation sites (N-methyl/N-ethyl adjacent to an activating group) is 1. The van der Waals surface area contributed by atoms with Crippen molar-refractivity contribution in [3.63, 3.8) is 0 Å². The fraction of sp³-hybridized carbons (Fsp3) is 0.304. The number of carbonyl (C=O) groups is 1. The van der Waals surface area contributed by atoms with Gasteiger partial charge in [-0.25, -0.2) is 4.68 Å². The number of fused-ring (bicyclic) bond motifs is 1. The first-order valence-electron chi connectivity index (χ1n) is 9.68. The van der Waals surface area contributed by atoms with Crippen LogP contribution in [0.1, 0.15) is 25.0 Å². The van der Waals surface area contributed by atoms with Gasteiger partial charge < -0.3 is 14.4 Å². The third-order valence-corrected chi connectivity index (χ3v) is 4.91. The van der Waals surface area contributed by atoms with Gasteiger partial charge in [0.25, 0.3) is 5.91 Å². The van der Waals surface area contributed by atoms with Crippen LogP contribution in [0.5, 0.6) is 11.5 Å². The molecule has 4 rings (SSSR count). The van der Waals surface area contributed by atoms with Crippen LogP contribution in [0.25, 0.3) is 5.69 Å². The molecule has 0 N–H and O–H groups in total. The molecule has 3 aromatic rings. The molecule has 1 aromatic heterocycles. The summed E-state index contributed by atoms with van der Waals surface area (Å²) >= 11 is 0. The number of nitrogens with zero attached hydrogens (tertiary/aromatic N) is 3. The molecule has 150 valence electrons. The van der Waals surface area contributed by atoms with E-state index in [4.69, 9.17) is 9.47 Å². The molecule has 0 atom stereocenters. The highest BCUT2D eigenvalue weighted by Crippen LogP contribution is 2.41. The highest BCUT2D eigenvalue weighted by atomic mass is 16.5. The Bertz CT molecular complexity index is 1010. The maximum Gasteiger partial charge on any atom is 0.260 e. The van der Waals surface area contributed by atoms with Crippen molar-refractivity contribution < 1.29 is 14.3 Å². The number of hydrogen-bond donors (Lipinski definition) is 0. The van der Waals surface area contributed by atoms with E-state index in [9.17, 15) is 4.79 Å².